The Hall–Kier alpha value is -1.59. The number of unbranched alkanes of at least 4 members (excludes halogenated alkanes) is 35. The second-order valence-electron chi connectivity index (χ2n) is 20.2. The topological polar surface area (TPSA) is 78.9 Å². The van der Waals surface area contributed by atoms with Crippen molar-refractivity contribution in [3.8, 4) is 0 Å². The number of carbonyl (C=O) groups is 3. The molecule has 0 radical (unpaired) electrons. The van der Waals surface area contributed by atoms with Gasteiger partial charge in [0.1, 0.15) is 13.2 Å². The van der Waals surface area contributed by atoms with Gasteiger partial charge in [-0.1, -0.05) is 272 Å². The predicted octanol–water partition coefficient (Wildman–Crippen LogP) is 18.1. The Morgan fingerprint density at radius 3 is 0.790 bits per heavy atom. The molecule has 6 nitrogen and oxygen atoms in total. The second kappa shape index (κ2) is 48.9. The normalized spacial score (nSPS) is 12.0. The fourth-order valence-corrected chi connectivity index (χ4v) is 8.52. The molecule has 0 bridgehead atoms. The minimum atomic E-state index is -0.762. The van der Waals surface area contributed by atoms with E-state index in [4.69, 9.17) is 14.2 Å². The highest BCUT2D eigenvalue weighted by molar-refractivity contribution is 5.71. The highest BCUT2D eigenvalue weighted by atomic mass is 16.6. The van der Waals surface area contributed by atoms with Crippen molar-refractivity contribution in [2.24, 2.45) is 11.8 Å². The van der Waals surface area contributed by atoms with Crippen molar-refractivity contribution >= 4 is 17.9 Å². The van der Waals surface area contributed by atoms with Crippen molar-refractivity contribution in [1.29, 1.82) is 0 Å². The summed E-state index contributed by atoms with van der Waals surface area (Å²) < 4.78 is 16.8. The summed E-state index contributed by atoms with van der Waals surface area (Å²) in [5, 5.41) is 0. The summed E-state index contributed by atoms with van der Waals surface area (Å²) in [7, 11) is 0. The Balaban J connectivity index is 4.28. The molecule has 0 fully saturated rings. The third-order valence-corrected chi connectivity index (χ3v) is 12.7. The lowest BCUT2D eigenvalue weighted by Gasteiger charge is -2.18. The largest absolute Gasteiger partial charge is 0.462 e. The molecule has 0 aromatic carbocycles. The van der Waals surface area contributed by atoms with Crippen LogP contribution in [0.15, 0.2) is 0 Å². The number of rotatable bonds is 50. The van der Waals surface area contributed by atoms with Gasteiger partial charge in [0, 0.05) is 19.3 Å². The van der Waals surface area contributed by atoms with Crippen LogP contribution in [-0.2, 0) is 28.6 Å². The van der Waals surface area contributed by atoms with Crippen LogP contribution in [0.25, 0.3) is 0 Å². The standard InChI is InChI=1S/C56H108O6/c1-6-7-8-9-10-11-12-13-14-15-20-23-26-33-38-43-48-56(59)62-53(50-61-55(58)47-42-37-32-28-27-30-35-40-45-52(4)5)49-60-54(57)46-41-36-31-25-22-19-17-16-18-21-24-29-34-39-44-51(2)3/h51-53H,6-50H2,1-5H3/t53-/m0/s1. The van der Waals surface area contributed by atoms with Gasteiger partial charge < -0.3 is 14.2 Å². The molecule has 0 heterocycles. The van der Waals surface area contributed by atoms with Crippen LogP contribution in [-0.4, -0.2) is 37.2 Å². The van der Waals surface area contributed by atoms with Gasteiger partial charge in [-0.25, -0.2) is 0 Å². The fourth-order valence-electron chi connectivity index (χ4n) is 8.52. The lowest BCUT2D eigenvalue weighted by Crippen LogP contribution is -2.30. The van der Waals surface area contributed by atoms with Gasteiger partial charge in [-0.3, -0.25) is 14.4 Å². The first kappa shape index (κ1) is 60.4. The Morgan fingerprint density at radius 2 is 0.532 bits per heavy atom. The van der Waals surface area contributed by atoms with Crippen LogP contribution in [0.4, 0.5) is 0 Å². The molecule has 0 aromatic heterocycles. The molecule has 6 heteroatoms. The van der Waals surface area contributed by atoms with Gasteiger partial charge in [-0.2, -0.15) is 0 Å². The minimum Gasteiger partial charge on any atom is -0.462 e. The molecule has 0 N–H and O–H groups in total. The zero-order chi connectivity index (χ0) is 45.4. The summed E-state index contributed by atoms with van der Waals surface area (Å²) in [6.07, 6.45) is 51.0. The highest BCUT2D eigenvalue weighted by Crippen LogP contribution is 2.18. The minimum absolute atomic E-state index is 0.0634. The lowest BCUT2D eigenvalue weighted by atomic mass is 10.0. The van der Waals surface area contributed by atoms with Crippen LogP contribution < -0.4 is 0 Å². The molecule has 0 aromatic rings. The van der Waals surface area contributed by atoms with Gasteiger partial charge in [0.25, 0.3) is 0 Å². The molecular weight excluding hydrogens is 769 g/mol. The average molecular weight is 877 g/mol. The first-order valence-corrected chi connectivity index (χ1v) is 27.7. The van der Waals surface area contributed by atoms with Crippen molar-refractivity contribution in [2.45, 2.75) is 317 Å². The summed E-state index contributed by atoms with van der Waals surface area (Å²) >= 11 is 0. The molecule has 62 heavy (non-hydrogen) atoms. The van der Waals surface area contributed by atoms with E-state index >= 15 is 0 Å². The summed E-state index contributed by atoms with van der Waals surface area (Å²) in [6, 6.07) is 0. The molecule has 0 aliphatic rings. The van der Waals surface area contributed by atoms with Crippen LogP contribution in [0.5, 0.6) is 0 Å². The predicted molar refractivity (Wildman–Crippen MR) is 266 cm³/mol. The lowest BCUT2D eigenvalue weighted by molar-refractivity contribution is -0.167. The number of esters is 3. The third-order valence-electron chi connectivity index (χ3n) is 12.7. The van der Waals surface area contributed by atoms with Crippen LogP contribution in [0.2, 0.25) is 0 Å². The summed E-state index contributed by atoms with van der Waals surface area (Å²) in [6.45, 7) is 11.4. The average Bonchev–Trinajstić information content (AvgIpc) is 3.24. The van der Waals surface area contributed by atoms with Crippen molar-refractivity contribution in [1.82, 2.24) is 0 Å². The van der Waals surface area contributed by atoms with Crippen LogP contribution in [0.3, 0.4) is 0 Å². The van der Waals surface area contributed by atoms with Crippen molar-refractivity contribution in [2.75, 3.05) is 13.2 Å². The smallest absolute Gasteiger partial charge is 0.306 e. The van der Waals surface area contributed by atoms with Crippen molar-refractivity contribution < 1.29 is 28.6 Å². The van der Waals surface area contributed by atoms with Crippen molar-refractivity contribution in [3.63, 3.8) is 0 Å². The van der Waals surface area contributed by atoms with E-state index in [0.717, 1.165) is 69.6 Å². The van der Waals surface area contributed by atoms with E-state index < -0.39 is 6.10 Å². The molecule has 0 rings (SSSR count). The molecular formula is C56H108O6. The van der Waals surface area contributed by atoms with Gasteiger partial charge >= 0.3 is 17.9 Å². The quantitative estimate of drug-likeness (QED) is 0.0344. The third kappa shape index (κ3) is 49.4. The van der Waals surface area contributed by atoms with Gasteiger partial charge in [0.15, 0.2) is 6.10 Å². The number of hydrogen-bond donors (Lipinski definition) is 0. The van der Waals surface area contributed by atoms with Gasteiger partial charge in [-0.15, -0.1) is 0 Å². The maximum absolute atomic E-state index is 12.8. The molecule has 0 saturated heterocycles. The Labute approximate surface area is 387 Å². The molecule has 0 aliphatic carbocycles. The zero-order valence-electron chi connectivity index (χ0n) is 42.5. The molecule has 0 amide bonds. The first-order valence-electron chi connectivity index (χ1n) is 27.7. The zero-order valence-corrected chi connectivity index (χ0v) is 42.5. The number of ether oxygens (including phenoxy) is 3. The monoisotopic (exact) mass is 877 g/mol. The van der Waals surface area contributed by atoms with Crippen LogP contribution in [0.1, 0.15) is 311 Å². The fraction of sp³-hybridized carbons (Fsp3) is 0.946. The Bertz CT molecular complexity index is 947. The van der Waals surface area contributed by atoms with Gasteiger partial charge in [-0.05, 0) is 31.1 Å². The van der Waals surface area contributed by atoms with E-state index in [1.807, 2.05) is 0 Å². The van der Waals surface area contributed by atoms with E-state index in [-0.39, 0.29) is 31.1 Å². The van der Waals surface area contributed by atoms with E-state index in [9.17, 15) is 14.4 Å². The molecule has 0 unspecified atom stereocenters. The summed E-state index contributed by atoms with van der Waals surface area (Å²) in [5.74, 6) is 0.797. The number of carbonyl (C=O) groups excluding carboxylic acids is 3. The van der Waals surface area contributed by atoms with Crippen LogP contribution in [0, 0.1) is 11.8 Å². The number of hydrogen-bond acceptors (Lipinski definition) is 6. The van der Waals surface area contributed by atoms with Crippen molar-refractivity contribution in [3.05, 3.63) is 0 Å². The molecule has 1 atom stereocenters. The summed E-state index contributed by atoms with van der Waals surface area (Å²) in [5.41, 5.74) is 0. The maximum Gasteiger partial charge on any atom is 0.306 e. The second-order valence-corrected chi connectivity index (χ2v) is 20.2. The molecule has 0 saturated carbocycles. The SMILES string of the molecule is CCCCCCCCCCCCCCCCCCC(=O)O[C@@H](COC(=O)CCCCCCCCCCCCCCCCC(C)C)COC(=O)CCCCCCCCCCC(C)C. The Morgan fingerprint density at radius 1 is 0.306 bits per heavy atom. The van der Waals surface area contributed by atoms with E-state index in [2.05, 4.69) is 34.6 Å². The van der Waals surface area contributed by atoms with E-state index in [0.29, 0.717) is 19.3 Å². The summed E-state index contributed by atoms with van der Waals surface area (Å²) in [4.78, 5) is 38.0. The van der Waals surface area contributed by atoms with Gasteiger partial charge in [0.05, 0.1) is 0 Å². The highest BCUT2D eigenvalue weighted by Gasteiger charge is 2.19. The molecule has 0 aliphatic heterocycles. The maximum atomic E-state index is 12.8. The first-order chi connectivity index (χ1) is 30.2. The molecule has 0 spiro atoms. The van der Waals surface area contributed by atoms with E-state index in [1.165, 1.54) is 199 Å². The van der Waals surface area contributed by atoms with E-state index in [1.54, 1.807) is 0 Å². The van der Waals surface area contributed by atoms with Crippen LogP contribution >= 0.6 is 0 Å². The van der Waals surface area contributed by atoms with Gasteiger partial charge in [0.2, 0.25) is 0 Å². The Kier molecular flexibility index (Phi) is 47.6. The molecule has 368 valence electrons.